The number of rotatable bonds is 8. The van der Waals surface area contributed by atoms with Crippen molar-refractivity contribution in [1.29, 1.82) is 0 Å². The van der Waals surface area contributed by atoms with Crippen molar-refractivity contribution in [2.24, 2.45) is 17.8 Å². The van der Waals surface area contributed by atoms with Gasteiger partial charge in [0, 0.05) is 38.0 Å². The van der Waals surface area contributed by atoms with E-state index in [1.807, 2.05) is 0 Å². The van der Waals surface area contributed by atoms with E-state index in [-0.39, 0.29) is 37.0 Å². The fourth-order valence-corrected chi connectivity index (χ4v) is 5.17. The van der Waals surface area contributed by atoms with Gasteiger partial charge in [-0.15, -0.1) is 0 Å². The Hall–Kier alpha value is -2.98. The molecule has 8 nitrogen and oxygen atoms in total. The van der Waals surface area contributed by atoms with Crippen LogP contribution in [0.5, 0.6) is 5.75 Å². The Bertz CT molecular complexity index is 1260. The Labute approximate surface area is 211 Å². The number of hydrogen-bond acceptors (Lipinski definition) is 5. The van der Waals surface area contributed by atoms with E-state index in [4.69, 9.17) is 11.6 Å². The van der Waals surface area contributed by atoms with Crippen molar-refractivity contribution in [3.8, 4) is 5.75 Å². The molecule has 1 aromatic heterocycles. The van der Waals surface area contributed by atoms with Gasteiger partial charge in [0.25, 0.3) is 11.8 Å². The number of pyridine rings is 1. The highest BCUT2D eigenvalue weighted by Gasteiger charge is 2.46. The molecule has 1 saturated carbocycles. The smallest absolute Gasteiger partial charge is 0.274 e. The van der Waals surface area contributed by atoms with E-state index in [9.17, 15) is 33.4 Å². The quantitative estimate of drug-likeness (QED) is 0.460. The van der Waals surface area contributed by atoms with E-state index in [0.29, 0.717) is 37.1 Å². The first-order valence-corrected chi connectivity index (χ1v) is 12.2. The predicted molar refractivity (Wildman–Crippen MR) is 128 cm³/mol. The van der Waals surface area contributed by atoms with Crippen molar-refractivity contribution in [2.45, 2.75) is 39.3 Å². The molecule has 36 heavy (non-hydrogen) atoms. The summed E-state index contributed by atoms with van der Waals surface area (Å²) in [6.45, 7) is 4.37. The van der Waals surface area contributed by atoms with E-state index in [1.165, 1.54) is 15.7 Å². The van der Waals surface area contributed by atoms with Crippen LogP contribution in [0.1, 0.15) is 59.1 Å². The topological polar surface area (TPSA) is 112 Å². The van der Waals surface area contributed by atoms with E-state index >= 15 is 0 Å². The van der Waals surface area contributed by atoms with Gasteiger partial charge in [0.05, 0.1) is 6.04 Å². The molecule has 0 radical (unpaired) electrons. The molecular weight excluding hydrogens is 496 g/mol. The van der Waals surface area contributed by atoms with Gasteiger partial charge < -0.3 is 25.0 Å². The first-order valence-electron chi connectivity index (χ1n) is 11.9. The summed E-state index contributed by atoms with van der Waals surface area (Å²) in [5.74, 6) is -2.86. The second kappa shape index (κ2) is 10.2. The van der Waals surface area contributed by atoms with Gasteiger partial charge in [0.1, 0.15) is 22.2 Å². The zero-order valence-electron chi connectivity index (χ0n) is 19.9. The largest absolute Gasteiger partial charge is 0.503 e. The maximum absolute atomic E-state index is 14.2. The molecule has 2 aromatic rings. The van der Waals surface area contributed by atoms with Crippen molar-refractivity contribution in [3.05, 3.63) is 62.0 Å². The van der Waals surface area contributed by atoms with Gasteiger partial charge in [0.15, 0.2) is 11.4 Å². The molecule has 3 N–H and O–H groups in total. The molecule has 4 rings (SSSR count). The van der Waals surface area contributed by atoms with Crippen LogP contribution in [-0.4, -0.2) is 51.2 Å². The standard InChI is InChI=1S/C25H28ClF2N3O5/c1-12-13(2)16(12)8-15-10-30(6-3-7-32)25(36)21-23(34)22(33)17(11-31(15)21)24(35)29-9-14-4-5-18(27)19(26)20(14)28/h4-5,11-13,15-16,32,34H,3,6-10H2,1-2H3,(H,29,35)/t12-,13?,15+,16?/m0/s1. The summed E-state index contributed by atoms with van der Waals surface area (Å²) in [6, 6.07) is 1.80. The van der Waals surface area contributed by atoms with Crippen molar-refractivity contribution in [2.75, 3.05) is 19.7 Å². The molecule has 1 aromatic carbocycles. The summed E-state index contributed by atoms with van der Waals surface area (Å²) in [5.41, 5.74) is -1.70. The highest BCUT2D eigenvalue weighted by Crippen LogP contribution is 2.50. The minimum absolute atomic E-state index is 0.0821. The molecule has 1 aliphatic heterocycles. The third kappa shape index (κ3) is 4.71. The molecular formula is C25H28ClF2N3O5. The molecule has 2 amide bonds. The van der Waals surface area contributed by atoms with Crippen LogP contribution in [0.15, 0.2) is 23.1 Å². The van der Waals surface area contributed by atoms with Crippen LogP contribution in [0.2, 0.25) is 5.02 Å². The van der Waals surface area contributed by atoms with Crippen LogP contribution >= 0.6 is 11.6 Å². The normalized spacial score (nSPS) is 22.9. The lowest BCUT2D eigenvalue weighted by Crippen LogP contribution is -2.46. The zero-order chi connectivity index (χ0) is 26.3. The lowest BCUT2D eigenvalue weighted by atomic mass is 10.0. The number of nitrogens with zero attached hydrogens (tertiary/aromatic N) is 2. The van der Waals surface area contributed by atoms with Crippen LogP contribution in [0.25, 0.3) is 0 Å². The fourth-order valence-electron chi connectivity index (χ4n) is 4.98. The van der Waals surface area contributed by atoms with Gasteiger partial charge >= 0.3 is 0 Å². The molecule has 0 saturated heterocycles. The summed E-state index contributed by atoms with van der Waals surface area (Å²) in [5, 5.41) is 21.6. The Balaban J connectivity index is 1.66. The van der Waals surface area contributed by atoms with Gasteiger partial charge in [-0.1, -0.05) is 31.5 Å². The number of benzene rings is 1. The van der Waals surface area contributed by atoms with Crippen LogP contribution < -0.4 is 10.7 Å². The number of aromatic hydroxyl groups is 1. The number of carbonyl (C=O) groups is 2. The highest BCUT2D eigenvalue weighted by molar-refractivity contribution is 6.30. The van der Waals surface area contributed by atoms with Gasteiger partial charge in [-0.25, -0.2) is 8.78 Å². The maximum atomic E-state index is 14.2. The average molecular weight is 524 g/mol. The van der Waals surface area contributed by atoms with Crippen molar-refractivity contribution < 1.29 is 28.6 Å². The summed E-state index contributed by atoms with van der Waals surface area (Å²) in [4.78, 5) is 40.4. The summed E-state index contributed by atoms with van der Waals surface area (Å²) in [7, 11) is 0. The SMILES string of the molecule is CC1C(C[C@@H]2CN(CCCO)C(=O)c3c(O)c(=O)c(C(=O)NCc4ccc(F)c(Cl)c4F)cn32)[C@H]1C. The van der Waals surface area contributed by atoms with E-state index < -0.39 is 45.2 Å². The maximum Gasteiger partial charge on any atom is 0.274 e. The summed E-state index contributed by atoms with van der Waals surface area (Å²) < 4.78 is 29.1. The van der Waals surface area contributed by atoms with E-state index in [0.717, 1.165) is 12.1 Å². The van der Waals surface area contributed by atoms with E-state index in [1.54, 1.807) is 0 Å². The molecule has 11 heteroatoms. The number of aliphatic hydroxyl groups excluding tert-OH is 1. The number of aromatic nitrogens is 1. The summed E-state index contributed by atoms with van der Waals surface area (Å²) >= 11 is 5.58. The van der Waals surface area contributed by atoms with Gasteiger partial charge in [-0.3, -0.25) is 14.4 Å². The van der Waals surface area contributed by atoms with Crippen LogP contribution in [0.4, 0.5) is 8.78 Å². The molecule has 0 spiro atoms. The Kier molecular flexibility index (Phi) is 7.38. The second-order valence-electron chi connectivity index (χ2n) is 9.59. The third-order valence-corrected chi connectivity index (χ3v) is 7.84. The lowest BCUT2D eigenvalue weighted by molar-refractivity contribution is 0.0636. The van der Waals surface area contributed by atoms with Crippen LogP contribution in [0, 0.1) is 29.4 Å². The number of carbonyl (C=O) groups excluding carboxylic acids is 2. The number of nitrogens with one attached hydrogen (secondary N) is 1. The molecule has 1 aliphatic carbocycles. The average Bonchev–Trinajstić information content (AvgIpc) is 3.42. The molecule has 2 unspecified atom stereocenters. The van der Waals surface area contributed by atoms with Gasteiger partial charge in [-0.2, -0.15) is 0 Å². The fraction of sp³-hybridized carbons (Fsp3) is 0.480. The summed E-state index contributed by atoms with van der Waals surface area (Å²) in [6.07, 6.45) is 2.30. The first-order chi connectivity index (χ1) is 17.1. The minimum atomic E-state index is -1.03. The number of hydrogen-bond donors (Lipinski definition) is 3. The third-order valence-electron chi connectivity index (χ3n) is 7.49. The molecule has 4 atom stereocenters. The first kappa shape index (κ1) is 26.1. The number of amides is 2. The number of fused-ring (bicyclic) bond motifs is 1. The molecule has 2 heterocycles. The number of halogens is 3. The molecule has 1 fully saturated rings. The highest BCUT2D eigenvalue weighted by atomic mass is 35.5. The molecule has 194 valence electrons. The van der Waals surface area contributed by atoms with Crippen LogP contribution in [-0.2, 0) is 6.54 Å². The van der Waals surface area contributed by atoms with Crippen molar-refractivity contribution >= 4 is 23.4 Å². The monoisotopic (exact) mass is 523 g/mol. The molecule has 0 bridgehead atoms. The van der Waals surface area contributed by atoms with Gasteiger partial charge in [0.2, 0.25) is 5.43 Å². The van der Waals surface area contributed by atoms with E-state index in [2.05, 4.69) is 19.2 Å². The van der Waals surface area contributed by atoms with Crippen LogP contribution in [0.3, 0.4) is 0 Å². The predicted octanol–water partition coefficient (Wildman–Crippen LogP) is 3.09. The Morgan fingerprint density at radius 1 is 1.22 bits per heavy atom. The lowest BCUT2D eigenvalue weighted by Gasteiger charge is -2.36. The van der Waals surface area contributed by atoms with Gasteiger partial charge in [-0.05, 0) is 36.7 Å². The Morgan fingerprint density at radius 3 is 2.56 bits per heavy atom. The Morgan fingerprint density at radius 2 is 1.92 bits per heavy atom. The molecule has 2 aliphatic rings. The minimum Gasteiger partial charge on any atom is -0.503 e. The van der Waals surface area contributed by atoms with Crippen molar-refractivity contribution in [1.82, 2.24) is 14.8 Å². The zero-order valence-corrected chi connectivity index (χ0v) is 20.7. The number of aliphatic hydroxyl groups is 1. The second-order valence-corrected chi connectivity index (χ2v) is 9.97. The van der Waals surface area contributed by atoms with Crippen molar-refractivity contribution in [3.63, 3.8) is 0 Å².